The summed E-state index contributed by atoms with van der Waals surface area (Å²) >= 11 is 0. The lowest BCUT2D eigenvalue weighted by atomic mass is 10.0. The van der Waals surface area contributed by atoms with Gasteiger partial charge in [-0.05, 0) is 6.42 Å². The number of alkyl halides is 3. The molecule has 1 N–H and O–H groups in total. The summed E-state index contributed by atoms with van der Waals surface area (Å²) in [7, 11) is -5.57. The van der Waals surface area contributed by atoms with Crippen molar-refractivity contribution in [2.75, 3.05) is 0 Å². The highest BCUT2D eigenvalue weighted by Gasteiger charge is 2.46. The number of carbonyl (C=O) groups is 1. The van der Waals surface area contributed by atoms with Gasteiger partial charge < -0.3 is 0 Å². The molecule has 1 amide bonds. The zero-order valence-electron chi connectivity index (χ0n) is 18.7. The van der Waals surface area contributed by atoms with Crippen molar-refractivity contribution in [3.63, 3.8) is 0 Å². The summed E-state index contributed by atoms with van der Waals surface area (Å²) in [6.07, 6.45) is 21.3. The van der Waals surface area contributed by atoms with Crippen molar-refractivity contribution < 1.29 is 26.4 Å². The Morgan fingerprint density at radius 2 is 0.933 bits per heavy atom. The van der Waals surface area contributed by atoms with Gasteiger partial charge in [-0.2, -0.15) is 21.6 Å². The maximum absolute atomic E-state index is 12.1. The molecule has 0 aromatic rings. The van der Waals surface area contributed by atoms with Crippen LogP contribution in [-0.4, -0.2) is 19.8 Å². The highest BCUT2D eigenvalue weighted by Crippen LogP contribution is 2.21. The summed E-state index contributed by atoms with van der Waals surface area (Å²) < 4.78 is 59.1. The van der Waals surface area contributed by atoms with E-state index in [1.54, 1.807) is 0 Å². The molecule has 0 unspecified atom stereocenters. The second-order valence-electron chi connectivity index (χ2n) is 8.23. The molecule has 180 valence electrons. The summed E-state index contributed by atoms with van der Waals surface area (Å²) in [5, 5.41) is 0. The predicted molar refractivity (Wildman–Crippen MR) is 117 cm³/mol. The van der Waals surface area contributed by atoms with Gasteiger partial charge in [-0.3, -0.25) is 4.79 Å². The number of carbonyl (C=O) groups excluding carboxylic acids is 1. The van der Waals surface area contributed by atoms with E-state index in [9.17, 15) is 26.4 Å². The fourth-order valence-corrected chi connectivity index (χ4v) is 3.96. The number of halogens is 3. The van der Waals surface area contributed by atoms with Crippen molar-refractivity contribution in [1.82, 2.24) is 4.72 Å². The number of nitrogens with one attached hydrogen (secondary N) is 1. The molecule has 0 radical (unpaired) electrons. The Hall–Kier alpha value is -0.790. The highest BCUT2D eigenvalue weighted by molar-refractivity contribution is 7.90. The Bertz CT molecular complexity index is 522. The first-order valence-electron chi connectivity index (χ1n) is 11.8. The largest absolute Gasteiger partial charge is 0.516 e. The number of hydrogen-bond acceptors (Lipinski definition) is 3. The van der Waals surface area contributed by atoms with Gasteiger partial charge in [0.15, 0.2) is 0 Å². The molecule has 0 bridgehead atoms. The number of hydrogen-bond donors (Lipinski definition) is 1. The van der Waals surface area contributed by atoms with E-state index >= 15 is 0 Å². The molecule has 8 heteroatoms. The van der Waals surface area contributed by atoms with Gasteiger partial charge in [0.1, 0.15) is 0 Å². The molecule has 0 atom stereocenters. The summed E-state index contributed by atoms with van der Waals surface area (Å²) in [5.41, 5.74) is -5.45. The van der Waals surface area contributed by atoms with Crippen molar-refractivity contribution in [3.05, 3.63) is 0 Å². The first kappa shape index (κ1) is 29.2. The standard InChI is InChI=1S/C22H42F3NO3S/c1-2-3-4-5-6-7-8-9-10-11-12-13-14-15-16-17-18-19-20-21(27)26-30(28,29)22(23,24)25/h2-20H2,1H3,(H,26,27). The van der Waals surface area contributed by atoms with E-state index < -0.39 is 21.4 Å². The molecule has 0 aliphatic heterocycles. The summed E-state index contributed by atoms with van der Waals surface area (Å²) in [6.45, 7) is 2.24. The normalized spacial score (nSPS) is 12.3. The van der Waals surface area contributed by atoms with Gasteiger partial charge in [-0.15, -0.1) is 0 Å². The predicted octanol–water partition coefficient (Wildman–Crippen LogP) is 7.38. The van der Waals surface area contributed by atoms with Crippen molar-refractivity contribution in [2.24, 2.45) is 0 Å². The Morgan fingerprint density at radius 3 is 1.23 bits per heavy atom. The van der Waals surface area contributed by atoms with Crippen molar-refractivity contribution in [3.8, 4) is 0 Å². The Morgan fingerprint density at radius 1 is 0.633 bits per heavy atom. The van der Waals surface area contributed by atoms with E-state index in [-0.39, 0.29) is 6.42 Å². The molecule has 0 aromatic carbocycles. The number of amides is 1. The molecule has 0 aromatic heterocycles. The third-order valence-corrected chi connectivity index (χ3v) is 6.42. The second kappa shape index (κ2) is 17.8. The average molecular weight is 458 g/mol. The molecule has 0 rings (SSSR count). The van der Waals surface area contributed by atoms with Gasteiger partial charge in [0, 0.05) is 6.42 Å². The van der Waals surface area contributed by atoms with Gasteiger partial charge in [0.2, 0.25) is 5.91 Å². The quantitative estimate of drug-likeness (QED) is 0.194. The third kappa shape index (κ3) is 16.9. The Balaban J connectivity index is 3.33. The van der Waals surface area contributed by atoms with Gasteiger partial charge in [-0.1, -0.05) is 116 Å². The number of unbranched alkanes of at least 4 members (excludes halogenated alkanes) is 17. The summed E-state index contributed by atoms with van der Waals surface area (Å²) in [6, 6.07) is 0. The maximum atomic E-state index is 12.1. The minimum Gasteiger partial charge on any atom is -0.274 e. The van der Waals surface area contributed by atoms with E-state index in [2.05, 4.69) is 6.92 Å². The van der Waals surface area contributed by atoms with Crippen molar-refractivity contribution >= 4 is 15.9 Å². The van der Waals surface area contributed by atoms with Gasteiger partial charge in [0.05, 0.1) is 0 Å². The molecule has 0 aliphatic carbocycles. The van der Waals surface area contributed by atoms with Crippen LogP contribution in [0, 0.1) is 0 Å². The van der Waals surface area contributed by atoms with Gasteiger partial charge >= 0.3 is 15.5 Å². The average Bonchev–Trinajstić information content (AvgIpc) is 2.65. The fraction of sp³-hybridized carbons (Fsp3) is 0.955. The minimum absolute atomic E-state index is 0.200. The maximum Gasteiger partial charge on any atom is 0.516 e. The summed E-state index contributed by atoms with van der Waals surface area (Å²) in [4.78, 5) is 11.3. The summed E-state index contributed by atoms with van der Waals surface area (Å²) in [5.74, 6) is -1.09. The molecule has 0 aliphatic rings. The lowest BCUT2D eigenvalue weighted by molar-refractivity contribution is -0.120. The highest BCUT2D eigenvalue weighted by atomic mass is 32.2. The van der Waals surface area contributed by atoms with Crippen molar-refractivity contribution in [2.45, 2.75) is 134 Å². The zero-order chi connectivity index (χ0) is 22.7. The first-order chi connectivity index (χ1) is 14.2. The van der Waals surface area contributed by atoms with Crippen molar-refractivity contribution in [1.29, 1.82) is 0 Å². The van der Waals surface area contributed by atoms with E-state index in [1.165, 1.54) is 83.5 Å². The fourth-order valence-electron chi connectivity index (χ4n) is 3.45. The molecule has 30 heavy (non-hydrogen) atoms. The number of sulfonamides is 1. The van der Waals surface area contributed by atoms with Crippen LogP contribution in [0.4, 0.5) is 13.2 Å². The van der Waals surface area contributed by atoms with Crippen LogP contribution in [0.3, 0.4) is 0 Å². The smallest absolute Gasteiger partial charge is 0.274 e. The molecule has 0 spiro atoms. The zero-order valence-corrected chi connectivity index (χ0v) is 19.5. The third-order valence-electron chi connectivity index (χ3n) is 5.31. The van der Waals surface area contributed by atoms with Crippen LogP contribution >= 0.6 is 0 Å². The lowest BCUT2D eigenvalue weighted by Crippen LogP contribution is -2.40. The SMILES string of the molecule is CCCCCCCCCCCCCCCCCCCCC(=O)NS(=O)(=O)C(F)(F)F. The van der Waals surface area contributed by atoms with Gasteiger partial charge in [-0.25, -0.2) is 4.72 Å². The minimum atomic E-state index is -5.57. The number of rotatable bonds is 20. The van der Waals surface area contributed by atoms with Crippen LogP contribution < -0.4 is 4.72 Å². The first-order valence-corrected chi connectivity index (χ1v) is 13.3. The molecule has 4 nitrogen and oxygen atoms in total. The second-order valence-corrected chi connectivity index (χ2v) is 9.91. The van der Waals surface area contributed by atoms with Crippen LogP contribution in [0.5, 0.6) is 0 Å². The monoisotopic (exact) mass is 457 g/mol. The van der Waals surface area contributed by atoms with E-state index in [1.807, 2.05) is 0 Å². The van der Waals surface area contributed by atoms with E-state index in [0.717, 1.165) is 30.4 Å². The topological polar surface area (TPSA) is 63.2 Å². The molecular weight excluding hydrogens is 415 g/mol. The van der Waals surface area contributed by atoms with Crippen LogP contribution in [0.2, 0.25) is 0 Å². The molecule has 0 fully saturated rings. The van der Waals surface area contributed by atoms with E-state index in [4.69, 9.17) is 0 Å². The van der Waals surface area contributed by atoms with Crippen LogP contribution in [0.1, 0.15) is 129 Å². The lowest BCUT2D eigenvalue weighted by Gasteiger charge is -2.09. The van der Waals surface area contributed by atoms with Gasteiger partial charge in [0.25, 0.3) is 0 Å². The van der Waals surface area contributed by atoms with E-state index in [0.29, 0.717) is 6.42 Å². The molecule has 0 saturated carbocycles. The molecular formula is C22H42F3NO3S. The van der Waals surface area contributed by atoms with Crippen LogP contribution in [-0.2, 0) is 14.8 Å². The molecule has 0 saturated heterocycles. The van der Waals surface area contributed by atoms with Crippen LogP contribution in [0.25, 0.3) is 0 Å². The van der Waals surface area contributed by atoms with Crippen LogP contribution in [0.15, 0.2) is 0 Å². The Labute approximate surface area is 181 Å². The molecule has 0 heterocycles. The Kier molecular flexibility index (Phi) is 17.4.